The van der Waals surface area contributed by atoms with E-state index in [1.807, 2.05) is 89.8 Å². The molecule has 0 saturated carbocycles. The molecule has 0 aromatic heterocycles. The molecular weight excluding hydrogens is 462 g/mol. The first-order valence-electron chi connectivity index (χ1n) is 11.3. The van der Waals surface area contributed by atoms with Crippen molar-refractivity contribution in [1.82, 2.24) is 0 Å². The number of thioether (sulfide) groups is 1. The fourth-order valence-electron chi connectivity index (χ4n) is 5.14. The Bertz CT molecular complexity index is 1350. The molecule has 1 saturated heterocycles. The van der Waals surface area contributed by atoms with Gasteiger partial charge in [-0.15, -0.1) is 11.8 Å². The zero-order valence-electron chi connectivity index (χ0n) is 18.3. The van der Waals surface area contributed by atoms with Crippen molar-refractivity contribution in [3.8, 4) is 5.75 Å². The molecule has 3 atom stereocenters. The number of para-hydroxylation sites is 2. The summed E-state index contributed by atoms with van der Waals surface area (Å²) in [6, 6.07) is 36.0. The molecule has 5 heteroatoms. The number of carbonyl (C=O) groups is 1. The largest absolute Gasteiger partial charge is 0.478 e. The number of amides is 1. The fourth-order valence-corrected chi connectivity index (χ4v) is 6.88. The van der Waals surface area contributed by atoms with Gasteiger partial charge in [0.15, 0.2) is 0 Å². The maximum atomic E-state index is 13.8. The third-order valence-electron chi connectivity index (χ3n) is 6.67. The van der Waals surface area contributed by atoms with Gasteiger partial charge in [0.2, 0.25) is 6.10 Å². The quantitative estimate of drug-likeness (QED) is 0.286. The van der Waals surface area contributed by atoms with E-state index < -0.39 is 11.6 Å². The SMILES string of the molecule is O=C1[C@H](Oc2ccccc2)[C@]2(c3ccccc3)C[C@@H](c3ccccc3Cl)Sc3ccccc3N12. The molecule has 3 nitrogen and oxygen atoms in total. The highest BCUT2D eigenvalue weighted by molar-refractivity contribution is 7.99. The van der Waals surface area contributed by atoms with Crippen LogP contribution < -0.4 is 9.64 Å². The summed E-state index contributed by atoms with van der Waals surface area (Å²) in [6.07, 6.45) is 0.0256. The lowest BCUT2D eigenvalue weighted by molar-refractivity contribution is -0.142. The van der Waals surface area contributed by atoms with Crippen LogP contribution in [-0.4, -0.2) is 12.0 Å². The highest BCUT2D eigenvalue weighted by Crippen LogP contribution is 2.60. The summed E-state index contributed by atoms with van der Waals surface area (Å²) in [5.74, 6) is 0.663. The fraction of sp³-hybridized carbons (Fsp3) is 0.138. The third kappa shape index (κ3) is 3.32. The summed E-state index contributed by atoms with van der Waals surface area (Å²) in [6.45, 7) is 0. The second-order valence-electron chi connectivity index (χ2n) is 8.57. The first kappa shape index (κ1) is 21.3. The number of hydrogen-bond donors (Lipinski definition) is 0. The lowest BCUT2D eigenvalue weighted by Gasteiger charge is -2.57. The maximum Gasteiger partial charge on any atom is 0.271 e. The van der Waals surface area contributed by atoms with Crippen molar-refractivity contribution < 1.29 is 9.53 Å². The molecule has 4 aromatic carbocycles. The van der Waals surface area contributed by atoms with Crippen molar-refractivity contribution in [1.29, 1.82) is 0 Å². The lowest BCUT2D eigenvalue weighted by atomic mass is 9.70. The van der Waals surface area contributed by atoms with Crippen molar-refractivity contribution >= 4 is 35.0 Å². The van der Waals surface area contributed by atoms with E-state index in [4.69, 9.17) is 16.3 Å². The van der Waals surface area contributed by atoms with Crippen LogP contribution in [0, 0.1) is 0 Å². The molecule has 4 aromatic rings. The zero-order valence-corrected chi connectivity index (χ0v) is 19.9. The number of β-lactam (4-membered cyclic amide) rings is 1. The Morgan fingerprint density at radius 1 is 0.824 bits per heavy atom. The maximum absolute atomic E-state index is 13.8. The Balaban J connectivity index is 1.56. The molecule has 168 valence electrons. The van der Waals surface area contributed by atoms with Crippen LogP contribution in [-0.2, 0) is 10.3 Å². The van der Waals surface area contributed by atoms with E-state index in [0.29, 0.717) is 12.2 Å². The second-order valence-corrected chi connectivity index (χ2v) is 10.2. The van der Waals surface area contributed by atoms with Crippen molar-refractivity contribution in [2.75, 3.05) is 4.90 Å². The van der Waals surface area contributed by atoms with E-state index in [1.54, 1.807) is 11.8 Å². The Morgan fingerprint density at radius 3 is 2.24 bits per heavy atom. The van der Waals surface area contributed by atoms with Crippen molar-refractivity contribution in [2.24, 2.45) is 0 Å². The Kier molecular flexibility index (Phi) is 5.35. The van der Waals surface area contributed by atoms with Crippen LogP contribution in [0.25, 0.3) is 0 Å². The van der Waals surface area contributed by atoms with Gasteiger partial charge in [-0.1, -0.05) is 90.5 Å². The molecule has 1 amide bonds. The summed E-state index contributed by atoms with van der Waals surface area (Å²) < 4.78 is 6.44. The standard InChI is InChI=1S/C29H22ClNO2S/c30-23-16-8-7-15-22(23)26-19-29(20-11-3-1-4-12-20)27(33-21-13-5-2-6-14-21)28(32)31(29)24-17-9-10-18-25(24)34-26/h1-18,26-27H,19H2/t26-,27-,29+/m0/s1. The smallest absolute Gasteiger partial charge is 0.271 e. The minimum Gasteiger partial charge on any atom is -0.478 e. The van der Waals surface area contributed by atoms with Gasteiger partial charge in [-0.2, -0.15) is 0 Å². The van der Waals surface area contributed by atoms with Gasteiger partial charge < -0.3 is 4.74 Å². The molecule has 2 aliphatic heterocycles. The molecular formula is C29H22ClNO2S. The molecule has 2 aliphatic rings. The molecule has 1 fully saturated rings. The van der Waals surface area contributed by atoms with Crippen LogP contribution in [0.3, 0.4) is 0 Å². The topological polar surface area (TPSA) is 29.5 Å². The molecule has 0 unspecified atom stereocenters. The van der Waals surface area contributed by atoms with Crippen molar-refractivity contribution in [3.05, 3.63) is 125 Å². The number of nitrogens with zero attached hydrogens (tertiary/aromatic N) is 1. The number of fused-ring (bicyclic) bond motifs is 3. The molecule has 6 rings (SSSR count). The third-order valence-corrected chi connectivity index (χ3v) is 8.32. The van der Waals surface area contributed by atoms with E-state index >= 15 is 0 Å². The summed E-state index contributed by atoms with van der Waals surface area (Å²) >= 11 is 8.46. The van der Waals surface area contributed by atoms with Crippen LogP contribution in [0.5, 0.6) is 5.75 Å². The number of ether oxygens (including phenoxy) is 1. The van der Waals surface area contributed by atoms with Gasteiger partial charge in [-0.05, 0) is 47.9 Å². The Hall–Kier alpha value is -3.21. The van der Waals surface area contributed by atoms with Crippen molar-refractivity contribution in [2.45, 2.75) is 28.2 Å². The Morgan fingerprint density at radius 2 is 1.47 bits per heavy atom. The zero-order chi connectivity index (χ0) is 23.1. The predicted molar refractivity (Wildman–Crippen MR) is 138 cm³/mol. The average molecular weight is 484 g/mol. The minimum atomic E-state index is -0.669. The van der Waals surface area contributed by atoms with Crippen LogP contribution >= 0.6 is 23.4 Å². The first-order valence-corrected chi connectivity index (χ1v) is 12.6. The molecule has 0 aliphatic carbocycles. The lowest BCUT2D eigenvalue weighted by Crippen LogP contribution is -2.74. The van der Waals surface area contributed by atoms with Gasteiger partial charge in [0, 0.05) is 15.2 Å². The van der Waals surface area contributed by atoms with Gasteiger partial charge in [0.1, 0.15) is 11.3 Å². The highest BCUT2D eigenvalue weighted by atomic mass is 35.5. The van der Waals surface area contributed by atoms with E-state index in [0.717, 1.165) is 26.7 Å². The Labute approximate surface area is 208 Å². The number of halogens is 1. The van der Waals surface area contributed by atoms with Gasteiger partial charge in [-0.25, -0.2) is 0 Å². The number of rotatable bonds is 4. The summed E-state index contributed by atoms with van der Waals surface area (Å²) in [7, 11) is 0. The monoisotopic (exact) mass is 483 g/mol. The summed E-state index contributed by atoms with van der Waals surface area (Å²) in [5, 5.41) is 0.773. The van der Waals surface area contributed by atoms with Crippen LogP contribution in [0.1, 0.15) is 22.8 Å². The molecule has 2 heterocycles. The number of carbonyl (C=O) groups excluding carboxylic acids is 1. The van der Waals surface area contributed by atoms with Gasteiger partial charge >= 0.3 is 0 Å². The number of benzene rings is 4. The normalized spacial score (nSPS) is 23.3. The van der Waals surface area contributed by atoms with Gasteiger partial charge in [0.25, 0.3) is 5.91 Å². The van der Waals surface area contributed by atoms with Crippen molar-refractivity contribution in [3.63, 3.8) is 0 Å². The first-order chi connectivity index (χ1) is 16.7. The molecule has 34 heavy (non-hydrogen) atoms. The number of hydrogen-bond acceptors (Lipinski definition) is 3. The van der Waals surface area contributed by atoms with Crippen LogP contribution in [0.15, 0.2) is 114 Å². The van der Waals surface area contributed by atoms with Gasteiger partial charge in [0.05, 0.1) is 5.69 Å². The minimum absolute atomic E-state index is 0.0273. The summed E-state index contributed by atoms with van der Waals surface area (Å²) in [5.41, 5.74) is 2.38. The van der Waals surface area contributed by atoms with Crippen LogP contribution in [0.2, 0.25) is 5.02 Å². The average Bonchev–Trinajstić information content (AvgIpc) is 3.02. The number of anilines is 1. The van der Waals surface area contributed by atoms with E-state index in [-0.39, 0.29) is 11.2 Å². The summed E-state index contributed by atoms with van der Waals surface area (Å²) in [4.78, 5) is 16.8. The molecule has 0 bridgehead atoms. The molecule has 0 spiro atoms. The van der Waals surface area contributed by atoms with E-state index in [9.17, 15) is 4.79 Å². The highest BCUT2D eigenvalue weighted by Gasteiger charge is 2.65. The molecule has 0 N–H and O–H groups in total. The van der Waals surface area contributed by atoms with Crippen LogP contribution in [0.4, 0.5) is 5.69 Å². The predicted octanol–water partition coefficient (Wildman–Crippen LogP) is 7.27. The van der Waals surface area contributed by atoms with E-state index in [1.165, 1.54) is 0 Å². The van der Waals surface area contributed by atoms with Gasteiger partial charge in [-0.3, -0.25) is 9.69 Å². The second kappa shape index (κ2) is 8.53. The molecule has 0 radical (unpaired) electrons. The van der Waals surface area contributed by atoms with E-state index in [2.05, 4.69) is 24.3 Å².